The van der Waals surface area contributed by atoms with Crippen molar-refractivity contribution < 1.29 is 9.90 Å². The number of aliphatic imine (C=N–C) groups is 1. The van der Waals surface area contributed by atoms with E-state index in [0.29, 0.717) is 17.6 Å². The Morgan fingerprint density at radius 1 is 1.38 bits per heavy atom. The quantitative estimate of drug-likeness (QED) is 0.623. The summed E-state index contributed by atoms with van der Waals surface area (Å²) in [4.78, 5) is 16.4. The molecule has 1 aromatic heterocycles. The summed E-state index contributed by atoms with van der Waals surface area (Å²) in [7, 11) is 0. The van der Waals surface area contributed by atoms with Crippen molar-refractivity contribution in [3.8, 4) is 0 Å². The highest BCUT2D eigenvalue weighted by Crippen LogP contribution is 2.17. The van der Waals surface area contributed by atoms with Crippen LogP contribution in [0.25, 0.3) is 17.0 Å². The lowest BCUT2D eigenvalue weighted by atomic mass is 10.0. The molecule has 0 bridgehead atoms. The first-order chi connectivity index (χ1) is 11.5. The third-order valence-electron chi connectivity index (χ3n) is 3.78. The van der Waals surface area contributed by atoms with Gasteiger partial charge < -0.3 is 10.4 Å². The summed E-state index contributed by atoms with van der Waals surface area (Å²) in [6, 6.07) is 5.62. The van der Waals surface area contributed by atoms with E-state index >= 15 is 0 Å². The fraction of sp³-hybridized carbons (Fsp3) is 0.353. The van der Waals surface area contributed by atoms with Crippen molar-refractivity contribution in [2.75, 3.05) is 6.61 Å². The molecule has 24 heavy (non-hydrogen) atoms. The van der Waals surface area contributed by atoms with Crippen LogP contribution in [0, 0.1) is 5.92 Å². The van der Waals surface area contributed by atoms with Crippen LogP contribution in [0.2, 0.25) is 0 Å². The van der Waals surface area contributed by atoms with Crippen LogP contribution in [-0.4, -0.2) is 39.8 Å². The number of nitrogens with zero attached hydrogens (tertiary/aromatic N) is 2. The summed E-state index contributed by atoms with van der Waals surface area (Å²) in [5, 5.41) is 23.0. The van der Waals surface area contributed by atoms with Crippen molar-refractivity contribution in [3.63, 3.8) is 0 Å². The van der Waals surface area contributed by atoms with Crippen molar-refractivity contribution in [2.24, 2.45) is 10.9 Å². The number of guanidine groups is 1. The number of aliphatic hydroxyl groups is 1. The van der Waals surface area contributed by atoms with E-state index in [2.05, 4.69) is 39.7 Å². The molecule has 1 aliphatic rings. The van der Waals surface area contributed by atoms with Gasteiger partial charge in [0.25, 0.3) is 5.91 Å². The van der Waals surface area contributed by atoms with E-state index in [9.17, 15) is 9.90 Å². The van der Waals surface area contributed by atoms with Gasteiger partial charge in [-0.25, -0.2) is 4.99 Å². The number of aromatic nitrogens is 2. The highest BCUT2D eigenvalue weighted by molar-refractivity contribution is 6.13. The van der Waals surface area contributed by atoms with Crippen LogP contribution >= 0.6 is 0 Å². The fourth-order valence-electron chi connectivity index (χ4n) is 2.69. The first-order valence-corrected chi connectivity index (χ1v) is 7.97. The van der Waals surface area contributed by atoms with Gasteiger partial charge >= 0.3 is 0 Å². The van der Waals surface area contributed by atoms with Gasteiger partial charge in [0, 0.05) is 5.39 Å². The molecular formula is C17H21N5O2. The molecule has 0 fully saturated rings. The molecule has 1 aromatic carbocycles. The molecule has 1 amide bonds. The molecule has 0 saturated carbocycles. The molecule has 1 aliphatic heterocycles. The monoisotopic (exact) mass is 327 g/mol. The van der Waals surface area contributed by atoms with Crippen LogP contribution in [0.15, 0.2) is 35.1 Å². The van der Waals surface area contributed by atoms with Gasteiger partial charge in [0.2, 0.25) is 5.96 Å². The van der Waals surface area contributed by atoms with Crippen LogP contribution in [0.4, 0.5) is 0 Å². The Morgan fingerprint density at radius 3 is 2.96 bits per heavy atom. The SMILES string of the molecule is CC(C)C[C@H](CO)NC1=N/C(=C\c2ccc3[nH]ncc3c2)C(=O)N1. The molecule has 0 aliphatic carbocycles. The number of rotatable bonds is 5. The maximum Gasteiger partial charge on any atom is 0.276 e. The molecule has 126 valence electrons. The Labute approximate surface area is 139 Å². The second kappa shape index (κ2) is 6.84. The van der Waals surface area contributed by atoms with Crippen molar-refractivity contribution in [3.05, 3.63) is 35.7 Å². The highest BCUT2D eigenvalue weighted by atomic mass is 16.3. The van der Waals surface area contributed by atoms with Gasteiger partial charge in [-0.2, -0.15) is 5.10 Å². The Kier molecular flexibility index (Phi) is 4.61. The fourth-order valence-corrected chi connectivity index (χ4v) is 2.69. The molecule has 2 heterocycles. The van der Waals surface area contributed by atoms with Crippen molar-refractivity contribution >= 4 is 28.8 Å². The molecule has 7 heteroatoms. The minimum Gasteiger partial charge on any atom is -0.394 e. The lowest BCUT2D eigenvalue weighted by Crippen LogP contribution is -2.44. The average Bonchev–Trinajstić information content (AvgIpc) is 3.12. The van der Waals surface area contributed by atoms with Crippen LogP contribution in [0.3, 0.4) is 0 Å². The molecule has 7 nitrogen and oxygen atoms in total. The molecule has 0 unspecified atom stereocenters. The zero-order valence-electron chi connectivity index (χ0n) is 13.7. The minimum atomic E-state index is -0.258. The van der Waals surface area contributed by atoms with Gasteiger partial charge in [0.15, 0.2) is 0 Å². The third kappa shape index (κ3) is 3.62. The Balaban J connectivity index is 1.77. The maximum absolute atomic E-state index is 12.1. The van der Waals surface area contributed by atoms with E-state index in [1.54, 1.807) is 12.3 Å². The number of carbonyl (C=O) groups excluding carboxylic acids is 1. The number of benzene rings is 1. The predicted molar refractivity (Wildman–Crippen MR) is 93.1 cm³/mol. The number of hydrogen-bond acceptors (Lipinski definition) is 5. The Hall–Kier alpha value is -2.67. The van der Waals surface area contributed by atoms with Gasteiger partial charge in [0.05, 0.1) is 24.4 Å². The number of carbonyl (C=O) groups is 1. The lowest BCUT2D eigenvalue weighted by Gasteiger charge is -2.18. The van der Waals surface area contributed by atoms with Crippen LogP contribution in [0.5, 0.6) is 0 Å². The number of H-pyrrole nitrogens is 1. The summed E-state index contributed by atoms with van der Waals surface area (Å²) < 4.78 is 0. The van der Waals surface area contributed by atoms with E-state index in [0.717, 1.165) is 22.9 Å². The van der Waals surface area contributed by atoms with Gasteiger partial charge in [-0.3, -0.25) is 15.2 Å². The summed E-state index contributed by atoms with van der Waals surface area (Å²) in [5.41, 5.74) is 2.15. The first kappa shape index (κ1) is 16.2. The van der Waals surface area contributed by atoms with E-state index in [4.69, 9.17) is 0 Å². The van der Waals surface area contributed by atoms with E-state index in [1.165, 1.54) is 0 Å². The second-order valence-corrected chi connectivity index (χ2v) is 6.31. The summed E-state index contributed by atoms with van der Waals surface area (Å²) >= 11 is 0. The van der Waals surface area contributed by atoms with E-state index in [-0.39, 0.29) is 18.6 Å². The molecule has 0 saturated heterocycles. The normalized spacial score (nSPS) is 17.4. The minimum absolute atomic E-state index is 0.0106. The van der Waals surface area contributed by atoms with Crippen LogP contribution < -0.4 is 10.6 Å². The summed E-state index contributed by atoms with van der Waals surface area (Å²) in [6.07, 6.45) is 4.26. The second-order valence-electron chi connectivity index (χ2n) is 6.31. The molecule has 4 N–H and O–H groups in total. The van der Waals surface area contributed by atoms with Crippen molar-refractivity contribution in [2.45, 2.75) is 26.3 Å². The van der Waals surface area contributed by atoms with Gasteiger partial charge in [0.1, 0.15) is 5.70 Å². The van der Waals surface area contributed by atoms with E-state index in [1.807, 2.05) is 18.2 Å². The molecule has 1 atom stereocenters. The number of nitrogens with one attached hydrogen (secondary N) is 3. The summed E-state index contributed by atoms with van der Waals surface area (Å²) in [5.74, 6) is 0.561. The summed E-state index contributed by atoms with van der Waals surface area (Å²) in [6.45, 7) is 4.15. The number of amides is 1. The van der Waals surface area contributed by atoms with Gasteiger partial charge in [-0.15, -0.1) is 0 Å². The molecule has 2 aromatic rings. The highest BCUT2D eigenvalue weighted by Gasteiger charge is 2.22. The van der Waals surface area contributed by atoms with Crippen molar-refractivity contribution in [1.29, 1.82) is 0 Å². The number of aliphatic hydroxyl groups excluding tert-OH is 1. The van der Waals surface area contributed by atoms with Gasteiger partial charge in [-0.1, -0.05) is 19.9 Å². The number of hydrogen-bond donors (Lipinski definition) is 4. The van der Waals surface area contributed by atoms with Crippen molar-refractivity contribution in [1.82, 2.24) is 20.8 Å². The predicted octanol–water partition coefficient (Wildman–Crippen LogP) is 1.39. The maximum atomic E-state index is 12.1. The van der Waals surface area contributed by atoms with E-state index < -0.39 is 0 Å². The average molecular weight is 327 g/mol. The molecule has 0 radical (unpaired) electrons. The number of aromatic amines is 1. The topological polar surface area (TPSA) is 102 Å². The number of fused-ring (bicyclic) bond motifs is 1. The zero-order chi connectivity index (χ0) is 17.1. The molecule has 3 rings (SSSR count). The Bertz CT molecular complexity index is 806. The first-order valence-electron chi connectivity index (χ1n) is 7.97. The molecular weight excluding hydrogens is 306 g/mol. The largest absolute Gasteiger partial charge is 0.394 e. The molecule has 0 spiro atoms. The smallest absolute Gasteiger partial charge is 0.276 e. The Morgan fingerprint density at radius 2 is 2.21 bits per heavy atom. The zero-order valence-corrected chi connectivity index (χ0v) is 13.7. The lowest BCUT2D eigenvalue weighted by molar-refractivity contribution is -0.115. The van der Waals surface area contributed by atoms with Crippen LogP contribution in [0.1, 0.15) is 25.8 Å². The third-order valence-corrected chi connectivity index (χ3v) is 3.78. The standard InChI is InChI=1S/C17H21N5O2/c1-10(2)5-13(9-23)19-17-20-15(16(24)21-17)7-11-3-4-14-12(6-11)8-18-22-14/h3-4,6-8,10,13,23H,5,9H2,1-2H3,(H,18,22)(H2,19,20,21,24)/b15-7-/t13-/m1/s1. The van der Waals surface area contributed by atoms with Crippen LogP contribution in [-0.2, 0) is 4.79 Å². The van der Waals surface area contributed by atoms with Gasteiger partial charge in [-0.05, 0) is 36.1 Å².